The summed E-state index contributed by atoms with van der Waals surface area (Å²) in [7, 11) is 0. The molecule has 0 amide bonds. The van der Waals surface area contributed by atoms with E-state index in [-0.39, 0.29) is 6.42 Å². The Morgan fingerprint density at radius 2 is 2.21 bits per heavy atom. The Morgan fingerprint density at radius 1 is 1.57 bits per heavy atom. The smallest absolute Gasteiger partial charge is 0.304 e. The van der Waals surface area contributed by atoms with Crippen LogP contribution in [-0.4, -0.2) is 16.1 Å². The molecule has 0 aliphatic rings. The minimum Gasteiger partial charge on any atom is -0.481 e. The number of carbonyl (C=O) groups is 1. The van der Waals surface area contributed by atoms with E-state index in [0.717, 1.165) is 11.3 Å². The number of rotatable bonds is 3. The van der Waals surface area contributed by atoms with Crippen molar-refractivity contribution < 1.29 is 9.90 Å². The molecule has 3 nitrogen and oxygen atoms in total. The molecule has 0 radical (unpaired) electrons. The lowest BCUT2D eigenvalue weighted by atomic mass is 9.83. The Kier molecular flexibility index (Phi) is 2.89. The summed E-state index contributed by atoms with van der Waals surface area (Å²) in [6.45, 7) is 5.75. The number of hydrogen-bond acceptors (Lipinski definition) is 2. The van der Waals surface area contributed by atoms with Gasteiger partial charge < -0.3 is 5.11 Å². The third kappa shape index (κ3) is 2.31. The minimum atomic E-state index is -0.792. The Bertz CT molecular complexity index is 345. The van der Waals surface area contributed by atoms with Crippen LogP contribution in [0.3, 0.4) is 0 Å². The maximum absolute atomic E-state index is 10.7. The fourth-order valence-electron chi connectivity index (χ4n) is 1.66. The second-order valence-electron chi connectivity index (χ2n) is 4.12. The van der Waals surface area contributed by atoms with Gasteiger partial charge in [-0.1, -0.05) is 19.9 Å². The van der Waals surface area contributed by atoms with E-state index in [1.165, 1.54) is 0 Å². The van der Waals surface area contributed by atoms with Crippen LogP contribution in [0.1, 0.15) is 31.5 Å². The molecule has 1 aromatic heterocycles. The fraction of sp³-hybridized carbons (Fsp3) is 0.455. The Morgan fingerprint density at radius 3 is 2.71 bits per heavy atom. The average Bonchev–Trinajstić information content (AvgIpc) is 2.02. The van der Waals surface area contributed by atoms with Crippen molar-refractivity contribution >= 4 is 5.97 Å². The van der Waals surface area contributed by atoms with E-state index in [9.17, 15) is 4.79 Å². The van der Waals surface area contributed by atoms with Crippen molar-refractivity contribution in [2.45, 2.75) is 32.6 Å². The summed E-state index contributed by atoms with van der Waals surface area (Å²) in [5, 5.41) is 8.77. The summed E-state index contributed by atoms with van der Waals surface area (Å²) in [5.41, 5.74) is 1.50. The normalized spacial score (nSPS) is 11.4. The first-order valence-electron chi connectivity index (χ1n) is 4.57. The molecule has 0 spiro atoms. The number of pyridine rings is 1. The quantitative estimate of drug-likeness (QED) is 0.800. The summed E-state index contributed by atoms with van der Waals surface area (Å²) in [4.78, 5) is 14.9. The van der Waals surface area contributed by atoms with Gasteiger partial charge in [-0.25, -0.2) is 0 Å². The number of nitrogens with zero attached hydrogens (tertiary/aromatic N) is 1. The highest BCUT2D eigenvalue weighted by atomic mass is 16.4. The summed E-state index contributed by atoms with van der Waals surface area (Å²) >= 11 is 0. The summed E-state index contributed by atoms with van der Waals surface area (Å²) < 4.78 is 0. The number of carboxylic acids is 1. The van der Waals surface area contributed by atoms with Gasteiger partial charge in [0.1, 0.15) is 0 Å². The maximum Gasteiger partial charge on any atom is 0.304 e. The van der Waals surface area contributed by atoms with Gasteiger partial charge in [0.15, 0.2) is 0 Å². The first-order chi connectivity index (χ1) is 6.43. The molecule has 0 aliphatic heterocycles. The molecule has 0 atom stereocenters. The van der Waals surface area contributed by atoms with Gasteiger partial charge in [0, 0.05) is 17.3 Å². The van der Waals surface area contributed by atoms with Crippen LogP contribution in [0.25, 0.3) is 0 Å². The Hall–Kier alpha value is -1.38. The SMILES string of the molecule is Cc1cccnc1C(C)(C)CC(=O)O. The van der Waals surface area contributed by atoms with Gasteiger partial charge in [-0.05, 0) is 18.6 Å². The molecule has 1 heterocycles. The first-order valence-corrected chi connectivity index (χ1v) is 4.57. The van der Waals surface area contributed by atoms with Gasteiger partial charge >= 0.3 is 5.97 Å². The zero-order valence-corrected chi connectivity index (χ0v) is 8.74. The molecule has 0 aromatic carbocycles. The number of aromatic nitrogens is 1. The van der Waals surface area contributed by atoms with E-state index in [1.54, 1.807) is 6.20 Å². The molecule has 0 saturated carbocycles. The molecule has 1 aromatic rings. The van der Waals surface area contributed by atoms with Crippen molar-refractivity contribution in [2.24, 2.45) is 0 Å². The van der Waals surface area contributed by atoms with Gasteiger partial charge in [-0.3, -0.25) is 9.78 Å². The second-order valence-corrected chi connectivity index (χ2v) is 4.12. The molecule has 76 valence electrons. The summed E-state index contributed by atoms with van der Waals surface area (Å²) in [6.07, 6.45) is 1.80. The predicted octanol–water partition coefficient (Wildman–Crippen LogP) is 2.14. The van der Waals surface area contributed by atoms with Crippen LogP contribution in [0.2, 0.25) is 0 Å². The second kappa shape index (κ2) is 3.78. The van der Waals surface area contributed by atoms with E-state index >= 15 is 0 Å². The Labute approximate surface area is 83.8 Å². The fourth-order valence-corrected chi connectivity index (χ4v) is 1.66. The Balaban J connectivity index is 3.03. The van der Waals surface area contributed by atoms with Crippen LogP contribution in [0.15, 0.2) is 18.3 Å². The number of carboxylic acid groups (broad SMARTS) is 1. The van der Waals surface area contributed by atoms with Gasteiger partial charge in [-0.2, -0.15) is 0 Å². The van der Waals surface area contributed by atoms with E-state index in [0.29, 0.717) is 0 Å². The van der Waals surface area contributed by atoms with E-state index < -0.39 is 11.4 Å². The molecular formula is C11H15NO2. The monoisotopic (exact) mass is 193 g/mol. The molecule has 0 saturated heterocycles. The summed E-state index contributed by atoms with van der Waals surface area (Å²) in [6, 6.07) is 3.81. The number of aryl methyl sites for hydroxylation is 1. The van der Waals surface area contributed by atoms with Gasteiger partial charge in [0.25, 0.3) is 0 Å². The lowest BCUT2D eigenvalue weighted by Crippen LogP contribution is -2.24. The van der Waals surface area contributed by atoms with Crippen LogP contribution < -0.4 is 0 Å². The molecule has 0 bridgehead atoms. The van der Waals surface area contributed by atoms with E-state index in [4.69, 9.17) is 5.11 Å². The van der Waals surface area contributed by atoms with Gasteiger partial charge in [0.05, 0.1) is 6.42 Å². The van der Waals surface area contributed by atoms with Crippen LogP contribution >= 0.6 is 0 Å². The van der Waals surface area contributed by atoms with Crippen LogP contribution in [0.5, 0.6) is 0 Å². The van der Waals surface area contributed by atoms with E-state index in [1.807, 2.05) is 32.9 Å². The van der Waals surface area contributed by atoms with Crippen LogP contribution in [0.4, 0.5) is 0 Å². The molecule has 3 heteroatoms. The van der Waals surface area contributed by atoms with Crippen molar-refractivity contribution in [3.8, 4) is 0 Å². The molecule has 14 heavy (non-hydrogen) atoms. The standard InChI is InChI=1S/C11H15NO2/c1-8-5-4-6-12-10(8)11(2,3)7-9(13)14/h4-6H,7H2,1-3H3,(H,13,14). The molecule has 0 fully saturated rings. The van der Waals surface area contributed by atoms with Crippen LogP contribution in [-0.2, 0) is 10.2 Å². The van der Waals surface area contributed by atoms with Crippen molar-refractivity contribution in [1.82, 2.24) is 4.98 Å². The largest absolute Gasteiger partial charge is 0.481 e. The highest BCUT2D eigenvalue weighted by Crippen LogP contribution is 2.27. The zero-order chi connectivity index (χ0) is 10.8. The molecule has 0 unspecified atom stereocenters. The summed E-state index contributed by atoms with van der Waals surface area (Å²) in [5.74, 6) is -0.792. The third-order valence-corrected chi connectivity index (χ3v) is 2.24. The van der Waals surface area contributed by atoms with E-state index in [2.05, 4.69) is 4.98 Å². The van der Waals surface area contributed by atoms with Gasteiger partial charge in [0.2, 0.25) is 0 Å². The van der Waals surface area contributed by atoms with Gasteiger partial charge in [-0.15, -0.1) is 0 Å². The lowest BCUT2D eigenvalue weighted by molar-refractivity contribution is -0.138. The molecule has 1 N–H and O–H groups in total. The number of hydrogen-bond donors (Lipinski definition) is 1. The van der Waals surface area contributed by atoms with Crippen molar-refractivity contribution in [1.29, 1.82) is 0 Å². The van der Waals surface area contributed by atoms with Crippen molar-refractivity contribution in [3.05, 3.63) is 29.6 Å². The number of aliphatic carboxylic acids is 1. The maximum atomic E-state index is 10.7. The topological polar surface area (TPSA) is 50.2 Å². The van der Waals surface area contributed by atoms with Crippen molar-refractivity contribution in [3.63, 3.8) is 0 Å². The zero-order valence-electron chi connectivity index (χ0n) is 8.74. The molecule has 1 rings (SSSR count). The first kappa shape index (κ1) is 10.7. The lowest BCUT2D eigenvalue weighted by Gasteiger charge is -2.23. The highest BCUT2D eigenvalue weighted by molar-refractivity contribution is 5.68. The minimum absolute atomic E-state index is 0.102. The molecule has 0 aliphatic carbocycles. The third-order valence-electron chi connectivity index (χ3n) is 2.24. The highest BCUT2D eigenvalue weighted by Gasteiger charge is 2.26. The predicted molar refractivity (Wildman–Crippen MR) is 54.3 cm³/mol. The molecular weight excluding hydrogens is 178 g/mol. The average molecular weight is 193 g/mol. The van der Waals surface area contributed by atoms with Crippen LogP contribution in [0, 0.1) is 6.92 Å². The van der Waals surface area contributed by atoms with Crippen molar-refractivity contribution in [2.75, 3.05) is 0 Å².